The van der Waals surface area contributed by atoms with Gasteiger partial charge in [-0.25, -0.2) is 0 Å². The number of hydrogen-bond acceptors (Lipinski definition) is 1. The summed E-state index contributed by atoms with van der Waals surface area (Å²) in [6.45, 7) is 1.98. The Balaban J connectivity index is 2.24. The zero-order valence-corrected chi connectivity index (χ0v) is 12.9. The molecule has 2 nitrogen and oxygen atoms in total. The van der Waals surface area contributed by atoms with Gasteiger partial charge in [-0.15, -0.1) is 0 Å². The number of carbonyl (C=O) groups is 1. The van der Waals surface area contributed by atoms with Crippen LogP contribution in [0.15, 0.2) is 51.4 Å². The first-order chi connectivity index (χ1) is 8.58. The Labute approximate surface area is 123 Å². The minimum Gasteiger partial charge on any atom is -0.321 e. The second-order valence-electron chi connectivity index (χ2n) is 3.90. The molecule has 0 aliphatic rings. The number of amides is 1. The van der Waals surface area contributed by atoms with Crippen molar-refractivity contribution in [1.82, 2.24) is 0 Å². The van der Waals surface area contributed by atoms with E-state index in [0.29, 0.717) is 5.56 Å². The van der Waals surface area contributed by atoms with E-state index in [1.54, 1.807) is 12.1 Å². The maximum absolute atomic E-state index is 12.1. The van der Waals surface area contributed by atoms with E-state index >= 15 is 0 Å². The molecular weight excluding hydrogens is 358 g/mol. The SMILES string of the molecule is Cc1cccc(NC(=O)c2cccc(Br)c2)c1Br. The Bertz CT molecular complexity index is 596. The van der Waals surface area contributed by atoms with Crippen molar-refractivity contribution in [1.29, 1.82) is 0 Å². The van der Waals surface area contributed by atoms with Crippen LogP contribution in [0.4, 0.5) is 5.69 Å². The van der Waals surface area contributed by atoms with E-state index in [4.69, 9.17) is 0 Å². The maximum Gasteiger partial charge on any atom is 0.255 e. The normalized spacial score (nSPS) is 10.2. The summed E-state index contributed by atoms with van der Waals surface area (Å²) in [5, 5.41) is 2.89. The largest absolute Gasteiger partial charge is 0.321 e. The van der Waals surface area contributed by atoms with Gasteiger partial charge < -0.3 is 5.32 Å². The van der Waals surface area contributed by atoms with Gasteiger partial charge in [-0.05, 0) is 52.7 Å². The molecule has 0 aromatic heterocycles. The van der Waals surface area contributed by atoms with Crippen LogP contribution in [0.5, 0.6) is 0 Å². The predicted molar refractivity (Wildman–Crippen MR) is 81.0 cm³/mol. The van der Waals surface area contributed by atoms with Gasteiger partial charge in [0.15, 0.2) is 0 Å². The third-order valence-electron chi connectivity index (χ3n) is 2.53. The summed E-state index contributed by atoms with van der Waals surface area (Å²) in [6.07, 6.45) is 0. The van der Waals surface area contributed by atoms with Crippen molar-refractivity contribution in [2.45, 2.75) is 6.92 Å². The molecule has 0 atom stereocenters. The molecule has 0 fully saturated rings. The summed E-state index contributed by atoms with van der Waals surface area (Å²) in [5.41, 5.74) is 2.49. The summed E-state index contributed by atoms with van der Waals surface area (Å²) >= 11 is 6.82. The van der Waals surface area contributed by atoms with Crippen LogP contribution in [0.2, 0.25) is 0 Å². The average Bonchev–Trinajstić information content (AvgIpc) is 2.35. The van der Waals surface area contributed by atoms with Crippen LogP contribution in [0.3, 0.4) is 0 Å². The van der Waals surface area contributed by atoms with Crippen molar-refractivity contribution >= 4 is 43.5 Å². The molecule has 0 unspecified atom stereocenters. The fourth-order valence-electron chi connectivity index (χ4n) is 1.57. The van der Waals surface area contributed by atoms with Crippen molar-refractivity contribution in [3.8, 4) is 0 Å². The molecular formula is C14H11Br2NO. The number of rotatable bonds is 2. The lowest BCUT2D eigenvalue weighted by molar-refractivity contribution is 0.102. The number of anilines is 1. The second-order valence-corrected chi connectivity index (χ2v) is 5.61. The van der Waals surface area contributed by atoms with Gasteiger partial charge in [0.25, 0.3) is 5.91 Å². The molecule has 0 saturated carbocycles. The van der Waals surface area contributed by atoms with E-state index < -0.39 is 0 Å². The van der Waals surface area contributed by atoms with E-state index in [1.807, 2.05) is 37.3 Å². The number of halogens is 2. The Hall–Kier alpha value is -1.13. The molecule has 2 rings (SSSR count). The van der Waals surface area contributed by atoms with Gasteiger partial charge in [-0.2, -0.15) is 0 Å². The molecule has 1 N–H and O–H groups in total. The zero-order valence-electron chi connectivity index (χ0n) is 9.71. The van der Waals surface area contributed by atoms with Gasteiger partial charge in [0.2, 0.25) is 0 Å². The highest BCUT2D eigenvalue weighted by atomic mass is 79.9. The third kappa shape index (κ3) is 3.00. The van der Waals surface area contributed by atoms with Gasteiger partial charge >= 0.3 is 0 Å². The van der Waals surface area contributed by atoms with Crippen LogP contribution < -0.4 is 5.32 Å². The molecule has 4 heteroatoms. The number of hydrogen-bond donors (Lipinski definition) is 1. The molecule has 0 aliphatic heterocycles. The van der Waals surface area contributed by atoms with E-state index in [-0.39, 0.29) is 5.91 Å². The quantitative estimate of drug-likeness (QED) is 0.812. The molecule has 18 heavy (non-hydrogen) atoms. The zero-order chi connectivity index (χ0) is 13.1. The molecule has 2 aromatic rings. The highest BCUT2D eigenvalue weighted by Gasteiger charge is 2.09. The first-order valence-electron chi connectivity index (χ1n) is 5.40. The molecule has 0 aliphatic carbocycles. The molecule has 0 radical (unpaired) electrons. The van der Waals surface area contributed by atoms with Crippen molar-refractivity contribution in [3.05, 3.63) is 62.5 Å². The van der Waals surface area contributed by atoms with Crippen molar-refractivity contribution < 1.29 is 4.79 Å². The van der Waals surface area contributed by atoms with Crippen molar-refractivity contribution in [2.24, 2.45) is 0 Å². The Morgan fingerprint density at radius 2 is 1.83 bits per heavy atom. The van der Waals surface area contributed by atoms with Crippen LogP contribution in [-0.2, 0) is 0 Å². The van der Waals surface area contributed by atoms with E-state index in [0.717, 1.165) is 20.2 Å². The van der Waals surface area contributed by atoms with Crippen LogP contribution in [0.1, 0.15) is 15.9 Å². The van der Waals surface area contributed by atoms with E-state index in [1.165, 1.54) is 0 Å². The Kier molecular flexibility index (Phi) is 4.19. The highest BCUT2D eigenvalue weighted by Crippen LogP contribution is 2.26. The Morgan fingerprint density at radius 1 is 1.11 bits per heavy atom. The lowest BCUT2D eigenvalue weighted by atomic mass is 10.2. The molecule has 0 spiro atoms. The predicted octanol–water partition coefficient (Wildman–Crippen LogP) is 4.77. The fraction of sp³-hybridized carbons (Fsp3) is 0.0714. The lowest BCUT2D eigenvalue weighted by Crippen LogP contribution is -2.12. The smallest absolute Gasteiger partial charge is 0.255 e. The number of carbonyl (C=O) groups excluding carboxylic acids is 1. The van der Waals surface area contributed by atoms with E-state index in [2.05, 4.69) is 37.2 Å². The Morgan fingerprint density at radius 3 is 2.56 bits per heavy atom. The highest BCUT2D eigenvalue weighted by molar-refractivity contribution is 9.11. The molecule has 0 heterocycles. The minimum atomic E-state index is -0.123. The molecule has 1 amide bonds. The lowest BCUT2D eigenvalue weighted by Gasteiger charge is -2.09. The minimum absolute atomic E-state index is 0.123. The summed E-state index contributed by atoms with van der Waals surface area (Å²) in [7, 11) is 0. The molecule has 2 aromatic carbocycles. The van der Waals surface area contributed by atoms with E-state index in [9.17, 15) is 4.79 Å². The molecule has 92 valence electrons. The van der Waals surface area contributed by atoms with Crippen molar-refractivity contribution in [2.75, 3.05) is 5.32 Å². The first-order valence-corrected chi connectivity index (χ1v) is 6.98. The van der Waals surface area contributed by atoms with Crippen LogP contribution >= 0.6 is 31.9 Å². The first kappa shape index (κ1) is 13.3. The van der Waals surface area contributed by atoms with Gasteiger partial charge in [-0.1, -0.05) is 34.1 Å². The van der Waals surface area contributed by atoms with Crippen LogP contribution in [0.25, 0.3) is 0 Å². The number of aryl methyl sites for hydroxylation is 1. The average molecular weight is 369 g/mol. The molecule has 0 saturated heterocycles. The van der Waals surface area contributed by atoms with Crippen LogP contribution in [0, 0.1) is 6.92 Å². The van der Waals surface area contributed by atoms with Gasteiger partial charge in [-0.3, -0.25) is 4.79 Å². The summed E-state index contributed by atoms with van der Waals surface area (Å²) in [6, 6.07) is 13.1. The summed E-state index contributed by atoms with van der Waals surface area (Å²) in [4.78, 5) is 12.1. The maximum atomic E-state index is 12.1. The standard InChI is InChI=1S/C14H11Br2NO/c1-9-4-2-7-12(13(9)16)17-14(18)10-5-3-6-11(15)8-10/h2-8H,1H3,(H,17,18). The number of nitrogens with one attached hydrogen (secondary N) is 1. The van der Waals surface area contributed by atoms with Gasteiger partial charge in [0.05, 0.1) is 5.69 Å². The van der Waals surface area contributed by atoms with Crippen LogP contribution in [-0.4, -0.2) is 5.91 Å². The second kappa shape index (κ2) is 5.67. The van der Waals surface area contributed by atoms with Gasteiger partial charge in [0, 0.05) is 14.5 Å². The monoisotopic (exact) mass is 367 g/mol. The third-order valence-corrected chi connectivity index (χ3v) is 4.07. The topological polar surface area (TPSA) is 29.1 Å². The number of benzene rings is 2. The fourth-order valence-corrected chi connectivity index (χ4v) is 2.33. The van der Waals surface area contributed by atoms with Gasteiger partial charge in [0.1, 0.15) is 0 Å². The summed E-state index contributed by atoms with van der Waals surface area (Å²) < 4.78 is 1.80. The molecule has 0 bridgehead atoms. The van der Waals surface area contributed by atoms with Crippen molar-refractivity contribution in [3.63, 3.8) is 0 Å². The summed E-state index contributed by atoms with van der Waals surface area (Å²) in [5.74, 6) is -0.123.